The van der Waals surface area contributed by atoms with Gasteiger partial charge in [-0.25, -0.2) is 4.98 Å². The molecule has 0 bridgehead atoms. The predicted molar refractivity (Wildman–Crippen MR) is 137 cm³/mol. The van der Waals surface area contributed by atoms with E-state index in [0.717, 1.165) is 50.2 Å². The molecule has 1 fully saturated rings. The highest BCUT2D eigenvalue weighted by atomic mass is 16.6. The Morgan fingerprint density at radius 1 is 1.03 bits per heavy atom. The van der Waals surface area contributed by atoms with Gasteiger partial charge in [0.25, 0.3) is 5.69 Å². The summed E-state index contributed by atoms with van der Waals surface area (Å²) >= 11 is 0. The van der Waals surface area contributed by atoms with E-state index in [1.807, 2.05) is 36.4 Å². The van der Waals surface area contributed by atoms with Gasteiger partial charge in [0.05, 0.1) is 23.3 Å². The first-order valence-corrected chi connectivity index (χ1v) is 12.4. The second-order valence-corrected chi connectivity index (χ2v) is 9.52. The quantitative estimate of drug-likeness (QED) is 0.339. The molecule has 0 radical (unpaired) electrons. The summed E-state index contributed by atoms with van der Waals surface area (Å²) in [6.07, 6.45) is 2.96. The monoisotopic (exact) mass is 489 g/mol. The summed E-state index contributed by atoms with van der Waals surface area (Å²) < 4.78 is 11.9. The molecule has 36 heavy (non-hydrogen) atoms. The molecule has 3 aromatic rings. The molecule has 9 nitrogen and oxygen atoms in total. The summed E-state index contributed by atoms with van der Waals surface area (Å²) in [4.78, 5) is 25.5. The molecule has 0 amide bonds. The average Bonchev–Trinajstić information content (AvgIpc) is 2.89. The fraction of sp³-hybridized carbons (Fsp3) is 0.407. The van der Waals surface area contributed by atoms with Gasteiger partial charge in [0, 0.05) is 50.8 Å². The van der Waals surface area contributed by atoms with Crippen LogP contribution in [-0.4, -0.2) is 46.5 Å². The lowest BCUT2D eigenvalue weighted by Crippen LogP contribution is -2.36. The lowest BCUT2D eigenvalue weighted by atomic mass is 9.99. The SMILES string of the molecule is COc1ccccc1Oc1nc(N2CCC(C)CC2)nc2c1CN(Cc1ccccc1[N+](=O)[O-])CC2. The number of fused-ring (bicyclic) bond motifs is 1. The molecule has 3 heterocycles. The number of nitrogens with zero attached hydrogens (tertiary/aromatic N) is 5. The summed E-state index contributed by atoms with van der Waals surface area (Å²) in [7, 11) is 1.62. The first-order chi connectivity index (χ1) is 17.5. The normalized spacial score (nSPS) is 16.4. The molecule has 188 valence electrons. The molecular weight excluding hydrogens is 458 g/mol. The highest BCUT2D eigenvalue weighted by Gasteiger charge is 2.28. The van der Waals surface area contributed by atoms with E-state index in [-0.39, 0.29) is 10.6 Å². The number of piperidine rings is 1. The van der Waals surface area contributed by atoms with Crippen LogP contribution in [-0.2, 0) is 19.5 Å². The highest BCUT2D eigenvalue weighted by molar-refractivity contribution is 5.47. The van der Waals surface area contributed by atoms with E-state index in [4.69, 9.17) is 19.4 Å². The topological polar surface area (TPSA) is 93.9 Å². The predicted octanol–water partition coefficient (Wildman–Crippen LogP) is 4.98. The first-order valence-electron chi connectivity index (χ1n) is 12.4. The van der Waals surface area contributed by atoms with Gasteiger partial charge in [0.1, 0.15) is 0 Å². The number of nitro benzene ring substituents is 1. The highest BCUT2D eigenvalue weighted by Crippen LogP contribution is 2.36. The van der Waals surface area contributed by atoms with Gasteiger partial charge in [0.15, 0.2) is 11.5 Å². The zero-order valence-electron chi connectivity index (χ0n) is 20.7. The van der Waals surface area contributed by atoms with Gasteiger partial charge in [-0.15, -0.1) is 0 Å². The van der Waals surface area contributed by atoms with Crippen LogP contribution in [0.25, 0.3) is 0 Å². The maximum absolute atomic E-state index is 11.5. The Morgan fingerprint density at radius 2 is 1.75 bits per heavy atom. The molecule has 0 spiro atoms. The van der Waals surface area contributed by atoms with Crippen molar-refractivity contribution in [3.05, 3.63) is 75.5 Å². The Kier molecular flexibility index (Phi) is 6.99. The third-order valence-corrected chi connectivity index (χ3v) is 7.01. The largest absolute Gasteiger partial charge is 0.493 e. The number of hydrogen-bond acceptors (Lipinski definition) is 8. The lowest BCUT2D eigenvalue weighted by molar-refractivity contribution is -0.385. The zero-order chi connectivity index (χ0) is 25.1. The van der Waals surface area contributed by atoms with Crippen molar-refractivity contribution in [1.29, 1.82) is 0 Å². The maximum Gasteiger partial charge on any atom is 0.273 e. The lowest BCUT2D eigenvalue weighted by Gasteiger charge is -2.33. The van der Waals surface area contributed by atoms with Gasteiger partial charge in [-0.3, -0.25) is 15.0 Å². The van der Waals surface area contributed by atoms with Crippen LogP contribution < -0.4 is 14.4 Å². The molecule has 1 aromatic heterocycles. The molecule has 1 saturated heterocycles. The van der Waals surface area contributed by atoms with E-state index in [2.05, 4.69) is 16.7 Å². The third kappa shape index (κ3) is 5.11. The molecule has 2 aliphatic heterocycles. The molecule has 0 aliphatic carbocycles. The molecule has 0 saturated carbocycles. The van der Waals surface area contributed by atoms with E-state index in [9.17, 15) is 10.1 Å². The Balaban J connectivity index is 1.47. The number of methoxy groups -OCH3 is 1. The Morgan fingerprint density at radius 3 is 2.50 bits per heavy atom. The van der Waals surface area contributed by atoms with Gasteiger partial charge in [-0.05, 0) is 30.9 Å². The number of ether oxygens (including phenoxy) is 2. The summed E-state index contributed by atoms with van der Waals surface area (Å²) in [5.41, 5.74) is 2.72. The number of para-hydroxylation sites is 3. The molecule has 2 aromatic carbocycles. The number of rotatable bonds is 7. The number of benzene rings is 2. The van der Waals surface area contributed by atoms with Crippen LogP contribution in [0.3, 0.4) is 0 Å². The molecule has 0 N–H and O–H groups in total. The molecule has 5 rings (SSSR count). The molecule has 9 heteroatoms. The number of hydrogen-bond donors (Lipinski definition) is 0. The second kappa shape index (κ2) is 10.5. The molecular formula is C27H31N5O4. The standard InChI is InChI=1S/C27H31N5O4/c1-19-11-15-31(16-12-19)27-28-22-13-14-30(17-20-7-3-4-8-23(20)32(33)34)18-21(22)26(29-27)36-25-10-6-5-9-24(25)35-2/h3-10,19H,11-18H2,1-2H3. The van der Waals surface area contributed by atoms with Crippen molar-refractivity contribution >= 4 is 11.6 Å². The maximum atomic E-state index is 11.5. The Bertz CT molecular complexity index is 1240. The number of nitro groups is 1. The van der Waals surface area contributed by atoms with E-state index < -0.39 is 0 Å². The minimum absolute atomic E-state index is 0.139. The fourth-order valence-electron chi connectivity index (χ4n) is 4.87. The van der Waals surface area contributed by atoms with Gasteiger partial charge in [-0.2, -0.15) is 4.98 Å². The van der Waals surface area contributed by atoms with Gasteiger partial charge >= 0.3 is 0 Å². The minimum Gasteiger partial charge on any atom is -0.493 e. The summed E-state index contributed by atoms with van der Waals surface area (Å²) in [5.74, 6) is 3.16. The van der Waals surface area contributed by atoms with Gasteiger partial charge in [-0.1, -0.05) is 37.3 Å². The minimum atomic E-state index is -0.321. The van der Waals surface area contributed by atoms with Crippen molar-refractivity contribution in [2.45, 2.75) is 39.3 Å². The fourth-order valence-corrected chi connectivity index (χ4v) is 4.87. The second-order valence-electron chi connectivity index (χ2n) is 9.52. The third-order valence-electron chi connectivity index (χ3n) is 7.01. The smallest absolute Gasteiger partial charge is 0.273 e. The van der Waals surface area contributed by atoms with Crippen molar-refractivity contribution in [3.8, 4) is 17.4 Å². The molecule has 2 aliphatic rings. The van der Waals surface area contributed by atoms with Crippen LogP contribution in [0.4, 0.5) is 11.6 Å². The van der Waals surface area contributed by atoms with Crippen LogP contribution in [0.1, 0.15) is 36.6 Å². The van der Waals surface area contributed by atoms with Crippen LogP contribution >= 0.6 is 0 Å². The van der Waals surface area contributed by atoms with Crippen molar-refractivity contribution in [2.24, 2.45) is 5.92 Å². The van der Waals surface area contributed by atoms with Crippen LogP contribution in [0.5, 0.6) is 17.4 Å². The van der Waals surface area contributed by atoms with Gasteiger partial charge < -0.3 is 14.4 Å². The van der Waals surface area contributed by atoms with E-state index >= 15 is 0 Å². The first kappa shape index (κ1) is 24.0. The molecule has 0 atom stereocenters. The van der Waals surface area contributed by atoms with Gasteiger partial charge in [0.2, 0.25) is 11.8 Å². The summed E-state index contributed by atoms with van der Waals surface area (Å²) in [6, 6.07) is 14.4. The van der Waals surface area contributed by atoms with Crippen LogP contribution in [0.2, 0.25) is 0 Å². The Hall–Kier alpha value is -3.72. The number of aromatic nitrogens is 2. The summed E-state index contributed by atoms with van der Waals surface area (Å²) in [6.45, 7) is 5.91. The van der Waals surface area contributed by atoms with Crippen molar-refractivity contribution in [1.82, 2.24) is 14.9 Å². The van der Waals surface area contributed by atoms with Crippen molar-refractivity contribution in [2.75, 3.05) is 31.6 Å². The van der Waals surface area contributed by atoms with Crippen LogP contribution in [0, 0.1) is 16.0 Å². The van der Waals surface area contributed by atoms with E-state index in [1.165, 1.54) is 0 Å². The number of anilines is 1. The molecule has 0 unspecified atom stereocenters. The van der Waals surface area contributed by atoms with E-state index in [0.29, 0.717) is 47.9 Å². The Labute approximate surface area is 210 Å². The van der Waals surface area contributed by atoms with Crippen molar-refractivity contribution < 1.29 is 14.4 Å². The summed E-state index contributed by atoms with van der Waals surface area (Å²) in [5, 5.41) is 11.5. The zero-order valence-corrected chi connectivity index (χ0v) is 20.7. The average molecular weight is 490 g/mol. The van der Waals surface area contributed by atoms with Crippen molar-refractivity contribution in [3.63, 3.8) is 0 Å². The van der Waals surface area contributed by atoms with E-state index in [1.54, 1.807) is 19.2 Å². The van der Waals surface area contributed by atoms with Crippen LogP contribution in [0.15, 0.2) is 48.5 Å².